The van der Waals surface area contributed by atoms with E-state index in [0.717, 1.165) is 15.5 Å². The van der Waals surface area contributed by atoms with Gasteiger partial charge in [0.25, 0.3) is 10.2 Å². The third-order valence-corrected chi connectivity index (χ3v) is 7.75. The van der Waals surface area contributed by atoms with Gasteiger partial charge in [0.1, 0.15) is 0 Å². The molecule has 0 unspecified atom stereocenters. The average Bonchev–Trinajstić information content (AvgIpc) is 2.70. The van der Waals surface area contributed by atoms with Gasteiger partial charge in [0.05, 0.1) is 5.69 Å². The van der Waals surface area contributed by atoms with Crippen LogP contribution in [0, 0.1) is 5.92 Å². The number of benzene rings is 2. The first-order valence-corrected chi connectivity index (χ1v) is 11.4. The van der Waals surface area contributed by atoms with Crippen molar-refractivity contribution in [3.8, 4) is 0 Å². The molecule has 28 heavy (non-hydrogen) atoms. The van der Waals surface area contributed by atoms with Crippen molar-refractivity contribution in [2.24, 2.45) is 5.92 Å². The summed E-state index contributed by atoms with van der Waals surface area (Å²) in [6, 6.07) is 17.7. The number of para-hydroxylation sites is 1. The quantitative estimate of drug-likeness (QED) is 0.780. The SMILES string of the molecule is CN(C)S(=O)(=O)N1CCC(C(=O)Nc2ccccc2Sc2ccccc2)CC1. The zero-order valence-corrected chi connectivity index (χ0v) is 17.7. The maximum Gasteiger partial charge on any atom is 0.281 e. The summed E-state index contributed by atoms with van der Waals surface area (Å²) in [5.74, 6) is -0.244. The molecule has 1 fully saturated rings. The van der Waals surface area contributed by atoms with Crippen molar-refractivity contribution in [2.75, 3.05) is 32.5 Å². The first kappa shape index (κ1) is 20.9. The highest BCUT2D eigenvalue weighted by Gasteiger charge is 2.32. The molecule has 0 radical (unpaired) electrons. The van der Waals surface area contributed by atoms with Crippen LogP contribution in [0.2, 0.25) is 0 Å². The highest BCUT2D eigenvalue weighted by molar-refractivity contribution is 7.99. The molecule has 1 N–H and O–H groups in total. The van der Waals surface area contributed by atoms with Crippen molar-refractivity contribution < 1.29 is 13.2 Å². The van der Waals surface area contributed by atoms with Gasteiger partial charge < -0.3 is 5.32 Å². The molecule has 0 aliphatic carbocycles. The summed E-state index contributed by atoms with van der Waals surface area (Å²) >= 11 is 1.60. The minimum Gasteiger partial charge on any atom is -0.325 e. The van der Waals surface area contributed by atoms with E-state index < -0.39 is 10.2 Å². The molecule has 2 aromatic carbocycles. The second-order valence-corrected chi connectivity index (χ2v) is 10.1. The lowest BCUT2D eigenvalue weighted by Crippen LogP contribution is -2.46. The van der Waals surface area contributed by atoms with E-state index in [1.54, 1.807) is 11.8 Å². The molecule has 1 saturated heterocycles. The van der Waals surface area contributed by atoms with E-state index in [1.807, 2.05) is 54.6 Å². The average molecular weight is 420 g/mol. The van der Waals surface area contributed by atoms with Gasteiger partial charge in [-0.25, -0.2) is 0 Å². The van der Waals surface area contributed by atoms with Crippen LogP contribution in [0.25, 0.3) is 0 Å². The summed E-state index contributed by atoms with van der Waals surface area (Å²) in [6.45, 7) is 0.720. The lowest BCUT2D eigenvalue weighted by atomic mass is 9.97. The maximum atomic E-state index is 12.8. The Kier molecular flexibility index (Phi) is 6.77. The third kappa shape index (κ3) is 4.94. The predicted molar refractivity (Wildman–Crippen MR) is 113 cm³/mol. The predicted octanol–water partition coefficient (Wildman–Crippen LogP) is 3.29. The van der Waals surface area contributed by atoms with Gasteiger partial charge >= 0.3 is 0 Å². The van der Waals surface area contributed by atoms with Crippen LogP contribution in [0.3, 0.4) is 0 Å². The number of carbonyl (C=O) groups excluding carboxylic acids is 1. The number of hydrogen-bond acceptors (Lipinski definition) is 4. The topological polar surface area (TPSA) is 69.7 Å². The standard InChI is InChI=1S/C20H25N3O3S2/c1-22(2)28(25,26)23-14-12-16(13-15-23)20(24)21-18-10-6-7-11-19(18)27-17-8-4-3-5-9-17/h3-11,16H,12-15H2,1-2H3,(H,21,24). The van der Waals surface area contributed by atoms with Gasteiger partial charge in [0.15, 0.2) is 0 Å². The second-order valence-electron chi connectivity index (χ2n) is 6.86. The highest BCUT2D eigenvalue weighted by Crippen LogP contribution is 2.33. The van der Waals surface area contributed by atoms with Crippen LogP contribution in [0.1, 0.15) is 12.8 Å². The second kappa shape index (κ2) is 9.09. The van der Waals surface area contributed by atoms with Crippen LogP contribution in [-0.4, -0.2) is 50.1 Å². The Morgan fingerprint density at radius 2 is 1.64 bits per heavy atom. The molecule has 0 spiro atoms. The summed E-state index contributed by atoms with van der Waals surface area (Å²) in [5, 5.41) is 3.04. The van der Waals surface area contributed by atoms with Crippen LogP contribution < -0.4 is 5.32 Å². The molecule has 0 saturated carbocycles. The van der Waals surface area contributed by atoms with Crippen molar-refractivity contribution in [1.82, 2.24) is 8.61 Å². The number of nitrogens with one attached hydrogen (secondary N) is 1. The van der Waals surface area contributed by atoms with Crippen LogP contribution in [0.4, 0.5) is 5.69 Å². The molecule has 1 aliphatic heterocycles. The molecule has 6 nitrogen and oxygen atoms in total. The Morgan fingerprint density at radius 1 is 1.04 bits per heavy atom. The van der Waals surface area contributed by atoms with Gasteiger partial charge in [-0.05, 0) is 37.1 Å². The molecular weight excluding hydrogens is 394 g/mol. The molecule has 1 aliphatic rings. The first-order chi connectivity index (χ1) is 13.4. The minimum absolute atomic E-state index is 0.0528. The molecule has 1 heterocycles. The van der Waals surface area contributed by atoms with Crippen molar-refractivity contribution in [2.45, 2.75) is 22.6 Å². The third-order valence-electron chi connectivity index (χ3n) is 4.73. The van der Waals surface area contributed by atoms with Crippen LogP contribution >= 0.6 is 11.8 Å². The van der Waals surface area contributed by atoms with Crippen molar-refractivity contribution in [3.63, 3.8) is 0 Å². The molecular formula is C20H25N3O3S2. The van der Waals surface area contributed by atoms with Crippen molar-refractivity contribution in [3.05, 3.63) is 54.6 Å². The molecule has 8 heteroatoms. The minimum atomic E-state index is -3.42. The van der Waals surface area contributed by atoms with Gasteiger partial charge in [0, 0.05) is 42.9 Å². The molecule has 0 bridgehead atoms. The van der Waals surface area contributed by atoms with Crippen molar-refractivity contribution >= 4 is 33.6 Å². The van der Waals surface area contributed by atoms with Crippen LogP contribution in [-0.2, 0) is 15.0 Å². The van der Waals surface area contributed by atoms with Crippen LogP contribution in [0.15, 0.2) is 64.4 Å². The van der Waals surface area contributed by atoms with Gasteiger partial charge in [-0.2, -0.15) is 17.0 Å². The summed E-state index contributed by atoms with van der Waals surface area (Å²) in [5.41, 5.74) is 0.782. The number of hydrogen-bond donors (Lipinski definition) is 1. The monoisotopic (exact) mass is 419 g/mol. The van der Waals surface area contributed by atoms with E-state index >= 15 is 0 Å². The van der Waals surface area contributed by atoms with Gasteiger partial charge in [-0.3, -0.25) is 4.79 Å². The Hall–Kier alpha value is -1.87. The molecule has 3 rings (SSSR count). The fourth-order valence-corrected chi connectivity index (χ4v) is 5.15. The summed E-state index contributed by atoms with van der Waals surface area (Å²) in [4.78, 5) is 14.8. The van der Waals surface area contributed by atoms with E-state index in [-0.39, 0.29) is 11.8 Å². The van der Waals surface area contributed by atoms with E-state index in [2.05, 4.69) is 5.32 Å². The molecule has 1 amide bonds. The summed E-state index contributed by atoms with van der Waals surface area (Å²) in [6.07, 6.45) is 1.04. The van der Waals surface area contributed by atoms with Gasteiger partial charge in [0.2, 0.25) is 5.91 Å². The highest BCUT2D eigenvalue weighted by atomic mass is 32.2. The lowest BCUT2D eigenvalue weighted by molar-refractivity contribution is -0.120. The Bertz CT molecular complexity index is 909. The number of piperidine rings is 1. The maximum absolute atomic E-state index is 12.8. The zero-order chi connectivity index (χ0) is 20.1. The smallest absolute Gasteiger partial charge is 0.281 e. The number of amides is 1. The molecule has 0 atom stereocenters. The fraction of sp³-hybridized carbons (Fsp3) is 0.350. The summed E-state index contributed by atoms with van der Waals surface area (Å²) in [7, 11) is -0.371. The number of rotatable bonds is 6. The Morgan fingerprint density at radius 3 is 2.29 bits per heavy atom. The Balaban J connectivity index is 1.63. The van der Waals surface area contributed by atoms with E-state index in [1.165, 1.54) is 22.7 Å². The number of nitrogens with zero attached hydrogens (tertiary/aromatic N) is 2. The Labute approximate surface area is 171 Å². The largest absolute Gasteiger partial charge is 0.325 e. The number of anilines is 1. The van der Waals surface area contributed by atoms with E-state index in [4.69, 9.17) is 0 Å². The molecule has 2 aromatic rings. The summed E-state index contributed by atoms with van der Waals surface area (Å²) < 4.78 is 27.1. The van der Waals surface area contributed by atoms with Gasteiger partial charge in [-0.15, -0.1) is 0 Å². The van der Waals surface area contributed by atoms with Gasteiger partial charge in [-0.1, -0.05) is 42.1 Å². The molecule has 0 aromatic heterocycles. The number of carbonyl (C=O) groups is 1. The molecule has 150 valence electrons. The first-order valence-electron chi connectivity index (χ1n) is 9.18. The fourth-order valence-electron chi connectivity index (χ4n) is 3.09. The van der Waals surface area contributed by atoms with E-state index in [9.17, 15) is 13.2 Å². The lowest BCUT2D eigenvalue weighted by Gasteiger charge is -2.32. The van der Waals surface area contributed by atoms with Crippen LogP contribution in [0.5, 0.6) is 0 Å². The van der Waals surface area contributed by atoms with Crippen molar-refractivity contribution in [1.29, 1.82) is 0 Å². The zero-order valence-electron chi connectivity index (χ0n) is 16.0. The normalized spacial score (nSPS) is 16.2. The van der Waals surface area contributed by atoms with E-state index in [0.29, 0.717) is 25.9 Å².